The van der Waals surface area contributed by atoms with Gasteiger partial charge in [0.25, 0.3) is 0 Å². The lowest BCUT2D eigenvalue weighted by molar-refractivity contribution is -0.0887. The number of hydrogen-bond acceptors (Lipinski definition) is 6. The van der Waals surface area contributed by atoms with E-state index < -0.39 is 6.29 Å². The number of aromatic hydroxyl groups is 1. The van der Waals surface area contributed by atoms with Crippen molar-refractivity contribution in [2.45, 2.75) is 58.8 Å². The zero-order chi connectivity index (χ0) is 20.4. The predicted octanol–water partition coefficient (Wildman–Crippen LogP) is 3.38. The highest BCUT2D eigenvalue weighted by Crippen LogP contribution is 2.35. The van der Waals surface area contributed by atoms with E-state index in [1.807, 2.05) is 0 Å². The molecule has 0 aliphatic heterocycles. The summed E-state index contributed by atoms with van der Waals surface area (Å²) in [6, 6.07) is 4.41. The number of rotatable bonds is 7. The van der Waals surface area contributed by atoms with Gasteiger partial charge in [-0.3, -0.25) is 4.79 Å². The van der Waals surface area contributed by atoms with Crippen LogP contribution in [-0.2, 0) is 4.74 Å². The summed E-state index contributed by atoms with van der Waals surface area (Å²) in [5.74, 6) is 2.37. The van der Waals surface area contributed by atoms with Crippen LogP contribution in [0.5, 0.6) is 11.5 Å². The van der Waals surface area contributed by atoms with Gasteiger partial charge in [0, 0.05) is 12.0 Å². The number of aliphatic hydroxyl groups is 2. The Labute approximate surface area is 162 Å². The maximum absolute atomic E-state index is 10.2. The first-order valence-electron chi connectivity index (χ1n) is 9.58. The topological polar surface area (TPSA) is 96.2 Å². The fourth-order valence-electron chi connectivity index (χ4n) is 3.40. The van der Waals surface area contributed by atoms with Gasteiger partial charge >= 0.3 is 0 Å². The molecule has 3 N–H and O–H groups in total. The first-order chi connectivity index (χ1) is 12.8. The quantitative estimate of drug-likeness (QED) is 0.494. The molecule has 6 heteroatoms. The molecule has 0 spiro atoms. The van der Waals surface area contributed by atoms with Crippen LogP contribution in [0.2, 0.25) is 0 Å². The summed E-state index contributed by atoms with van der Waals surface area (Å²) in [6.45, 7) is 7.22. The maximum Gasteiger partial charge on any atom is 0.161 e. The van der Waals surface area contributed by atoms with Gasteiger partial charge in [0.15, 0.2) is 17.8 Å². The van der Waals surface area contributed by atoms with Gasteiger partial charge in [-0.05, 0) is 48.8 Å². The smallest absolute Gasteiger partial charge is 0.161 e. The van der Waals surface area contributed by atoms with Gasteiger partial charge in [-0.2, -0.15) is 0 Å². The van der Waals surface area contributed by atoms with Crippen LogP contribution in [0.3, 0.4) is 0 Å². The van der Waals surface area contributed by atoms with Crippen molar-refractivity contribution >= 4 is 6.29 Å². The summed E-state index contributed by atoms with van der Waals surface area (Å²) in [4.78, 5) is 10.2. The molecule has 3 unspecified atom stereocenters. The molecule has 1 aliphatic rings. The van der Waals surface area contributed by atoms with Crippen molar-refractivity contribution in [3.05, 3.63) is 23.8 Å². The molecule has 27 heavy (non-hydrogen) atoms. The Kier molecular flexibility index (Phi) is 10.4. The lowest BCUT2D eigenvalue weighted by Gasteiger charge is -2.37. The molecule has 6 nitrogen and oxygen atoms in total. The number of methoxy groups -OCH3 is 1. The molecule has 1 saturated carbocycles. The second-order valence-electron chi connectivity index (χ2n) is 7.55. The lowest BCUT2D eigenvalue weighted by Crippen LogP contribution is -2.34. The number of hydrogen-bond donors (Lipinski definition) is 3. The van der Waals surface area contributed by atoms with E-state index in [1.54, 1.807) is 0 Å². The molecule has 1 aromatic carbocycles. The van der Waals surface area contributed by atoms with Crippen LogP contribution in [0.15, 0.2) is 18.2 Å². The van der Waals surface area contributed by atoms with Crippen molar-refractivity contribution in [2.75, 3.05) is 13.7 Å². The van der Waals surface area contributed by atoms with Crippen LogP contribution in [-0.4, -0.2) is 47.7 Å². The first-order valence-corrected chi connectivity index (χ1v) is 9.58. The molecule has 0 aromatic heterocycles. The highest BCUT2D eigenvalue weighted by molar-refractivity contribution is 5.76. The number of carbonyl (C=O) groups excluding carboxylic acids is 1. The molecule has 2 rings (SSSR count). The van der Waals surface area contributed by atoms with E-state index in [1.165, 1.54) is 38.2 Å². The van der Waals surface area contributed by atoms with E-state index in [2.05, 4.69) is 20.8 Å². The molecule has 1 aliphatic carbocycles. The zero-order valence-electron chi connectivity index (χ0n) is 16.8. The third-order valence-electron chi connectivity index (χ3n) is 5.01. The van der Waals surface area contributed by atoms with Crippen LogP contribution in [0, 0.1) is 17.8 Å². The van der Waals surface area contributed by atoms with E-state index in [0.717, 1.165) is 12.3 Å². The number of carbonyl (C=O) groups is 1. The van der Waals surface area contributed by atoms with E-state index in [0.29, 0.717) is 48.6 Å². The second kappa shape index (κ2) is 12.0. The molecule has 0 bridgehead atoms. The number of phenols is 1. The van der Waals surface area contributed by atoms with Gasteiger partial charge in [0.05, 0.1) is 19.8 Å². The molecule has 154 valence electrons. The maximum atomic E-state index is 10.2. The Morgan fingerprint density at radius 2 is 1.96 bits per heavy atom. The molecule has 1 fully saturated rings. The Morgan fingerprint density at radius 3 is 2.52 bits per heavy atom. The summed E-state index contributed by atoms with van der Waals surface area (Å²) in [5.41, 5.74) is 0.486. The summed E-state index contributed by atoms with van der Waals surface area (Å²) in [7, 11) is 1.43. The third kappa shape index (κ3) is 8.28. The highest BCUT2D eigenvalue weighted by atomic mass is 16.5. The number of aldehydes is 1. The minimum absolute atomic E-state index is 0.0399. The van der Waals surface area contributed by atoms with Gasteiger partial charge in [0.1, 0.15) is 6.29 Å². The number of ether oxygens (including phenoxy) is 2. The average molecular weight is 382 g/mol. The van der Waals surface area contributed by atoms with Crippen LogP contribution in [0.1, 0.15) is 56.8 Å². The molecule has 3 atom stereocenters. The van der Waals surface area contributed by atoms with E-state index in [4.69, 9.17) is 24.8 Å². The van der Waals surface area contributed by atoms with Gasteiger partial charge in [0.2, 0.25) is 0 Å². The highest BCUT2D eigenvalue weighted by Gasteiger charge is 2.31. The number of benzene rings is 1. The average Bonchev–Trinajstić information content (AvgIpc) is 2.62. The standard InChI is InChI=1S/C13H26O3.C8H8O3/c1-9(2)11-5-4-10(3)8-12(11)16-7-6-13(14)15;1-11-8-4-6(5-9)2-3-7(8)10/h9-15H,4-8H2,1-3H3;2-5,10H,1H3. The van der Waals surface area contributed by atoms with Crippen molar-refractivity contribution in [1.29, 1.82) is 0 Å². The summed E-state index contributed by atoms with van der Waals surface area (Å²) in [5, 5.41) is 26.7. The molecule has 0 radical (unpaired) electrons. The first kappa shape index (κ1) is 23.4. The number of phenolic OH excluding ortho intramolecular Hbond substituents is 1. The van der Waals surface area contributed by atoms with Crippen LogP contribution < -0.4 is 4.74 Å². The van der Waals surface area contributed by atoms with Crippen molar-refractivity contribution < 1.29 is 29.6 Å². The van der Waals surface area contributed by atoms with Crippen LogP contribution >= 0.6 is 0 Å². The Morgan fingerprint density at radius 1 is 1.26 bits per heavy atom. The largest absolute Gasteiger partial charge is 0.504 e. The summed E-state index contributed by atoms with van der Waals surface area (Å²) >= 11 is 0. The Bertz CT molecular complexity index is 558. The predicted molar refractivity (Wildman–Crippen MR) is 104 cm³/mol. The lowest BCUT2D eigenvalue weighted by atomic mass is 9.75. The summed E-state index contributed by atoms with van der Waals surface area (Å²) < 4.78 is 10.6. The van der Waals surface area contributed by atoms with Crippen molar-refractivity contribution in [3.8, 4) is 11.5 Å². The molecule has 0 saturated heterocycles. The molecule has 1 aromatic rings. The van der Waals surface area contributed by atoms with E-state index in [-0.39, 0.29) is 5.75 Å². The van der Waals surface area contributed by atoms with Gasteiger partial charge in [-0.1, -0.05) is 27.2 Å². The van der Waals surface area contributed by atoms with E-state index >= 15 is 0 Å². The minimum atomic E-state index is -1.24. The normalized spacial score (nSPS) is 22.3. The Balaban J connectivity index is 0.000000289. The van der Waals surface area contributed by atoms with Crippen molar-refractivity contribution in [1.82, 2.24) is 0 Å². The van der Waals surface area contributed by atoms with E-state index in [9.17, 15) is 4.79 Å². The second-order valence-corrected chi connectivity index (χ2v) is 7.55. The van der Waals surface area contributed by atoms with Gasteiger partial charge in [-0.25, -0.2) is 0 Å². The van der Waals surface area contributed by atoms with Crippen LogP contribution in [0.4, 0.5) is 0 Å². The zero-order valence-corrected chi connectivity index (χ0v) is 16.8. The molecular weight excluding hydrogens is 348 g/mol. The SMILES string of the molecule is CC1CCC(C(C)C)C(OCCC(O)O)C1.COc1cc(C=O)ccc1O. The van der Waals surface area contributed by atoms with Crippen molar-refractivity contribution in [2.24, 2.45) is 17.8 Å². The van der Waals surface area contributed by atoms with Gasteiger partial charge in [-0.15, -0.1) is 0 Å². The molecule has 0 heterocycles. The fourth-order valence-corrected chi connectivity index (χ4v) is 3.40. The minimum Gasteiger partial charge on any atom is -0.504 e. The van der Waals surface area contributed by atoms with Gasteiger partial charge < -0.3 is 24.8 Å². The van der Waals surface area contributed by atoms with Crippen LogP contribution in [0.25, 0.3) is 0 Å². The number of aliphatic hydroxyl groups excluding tert-OH is 1. The molecular formula is C21H34O6. The third-order valence-corrected chi connectivity index (χ3v) is 5.01. The fraction of sp³-hybridized carbons (Fsp3) is 0.667. The molecule has 0 amide bonds. The van der Waals surface area contributed by atoms with Crippen molar-refractivity contribution in [3.63, 3.8) is 0 Å². The monoisotopic (exact) mass is 382 g/mol. The summed E-state index contributed by atoms with van der Waals surface area (Å²) in [6.07, 6.45) is 3.74. The Hall–Kier alpha value is -1.63.